The third-order valence-corrected chi connectivity index (χ3v) is 4.63. The highest BCUT2D eigenvalue weighted by atomic mass is 19.1. The number of aliphatic hydroxyl groups excluding tert-OH is 1. The van der Waals surface area contributed by atoms with Gasteiger partial charge >= 0.3 is 0 Å². The molecular formula is C18H25FN4O. The molecule has 0 bridgehead atoms. The molecule has 0 amide bonds. The average Bonchev–Trinajstić information content (AvgIpc) is 3.14. The highest BCUT2D eigenvalue weighted by Crippen LogP contribution is 2.25. The third kappa shape index (κ3) is 3.83. The van der Waals surface area contributed by atoms with Crippen molar-refractivity contribution in [3.05, 3.63) is 48.0 Å². The van der Waals surface area contributed by atoms with E-state index in [0.717, 1.165) is 31.7 Å². The van der Waals surface area contributed by atoms with Crippen LogP contribution in [0, 0.1) is 17.7 Å². The second-order valence-electron chi connectivity index (χ2n) is 6.90. The van der Waals surface area contributed by atoms with Gasteiger partial charge in [0, 0.05) is 44.5 Å². The van der Waals surface area contributed by atoms with Crippen molar-refractivity contribution in [2.45, 2.75) is 6.54 Å². The molecule has 0 spiro atoms. The largest absolute Gasteiger partial charge is 0.396 e. The molecule has 1 aliphatic heterocycles. The average molecular weight is 332 g/mol. The molecule has 1 N–H and O–H groups in total. The van der Waals surface area contributed by atoms with Crippen LogP contribution in [0.4, 0.5) is 4.39 Å². The van der Waals surface area contributed by atoms with Crippen LogP contribution in [-0.2, 0) is 6.54 Å². The van der Waals surface area contributed by atoms with Crippen molar-refractivity contribution in [3.63, 3.8) is 0 Å². The van der Waals surface area contributed by atoms with Crippen LogP contribution in [0.25, 0.3) is 5.69 Å². The quantitative estimate of drug-likeness (QED) is 0.873. The summed E-state index contributed by atoms with van der Waals surface area (Å²) in [6.45, 7) is 3.84. The molecule has 1 aromatic heterocycles. The molecule has 1 fully saturated rings. The molecule has 3 rings (SSSR count). The van der Waals surface area contributed by atoms with Crippen molar-refractivity contribution in [3.8, 4) is 5.69 Å². The zero-order valence-corrected chi connectivity index (χ0v) is 14.3. The summed E-state index contributed by atoms with van der Waals surface area (Å²) in [6, 6.07) is 6.64. The molecule has 0 radical (unpaired) electrons. The Balaban J connectivity index is 1.66. The predicted molar refractivity (Wildman–Crippen MR) is 91.4 cm³/mol. The summed E-state index contributed by atoms with van der Waals surface area (Å²) in [6.07, 6.45) is 3.67. The first kappa shape index (κ1) is 17.1. The van der Waals surface area contributed by atoms with Gasteiger partial charge in [0.1, 0.15) is 11.5 Å². The van der Waals surface area contributed by atoms with E-state index in [1.807, 2.05) is 6.20 Å². The summed E-state index contributed by atoms with van der Waals surface area (Å²) < 4.78 is 15.4. The van der Waals surface area contributed by atoms with Crippen molar-refractivity contribution >= 4 is 0 Å². The smallest absolute Gasteiger partial charge is 0.148 e. The van der Waals surface area contributed by atoms with E-state index in [2.05, 4.69) is 29.0 Å². The molecule has 24 heavy (non-hydrogen) atoms. The molecule has 1 aliphatic rings. The molecule has 2 atom stereocenters. The molecule has 0 unspecified atom stereocenters. The van der Waals surface area contributed by atoms with Gasteiger partial charge in [0.15, 0.2) is 0 Å². The van der Waals surface area contributed by atoms with Crippen LogP contribution < -0.4 is 0 Å². The third-order valence-electron chi connectivity index (χ3n) is 4.63. The van der Waals surface area contributed by atoms with E-state index in [1.165, 1.54) is 6.07 Å². The zero-order chi connectivity index (χ0) is 17.1. The van der Waals surface area contributed by atoms with E-state index in [9.17, 15) is 9.50 Å². The van der Waals surface area contributed by atoms with Gasteiger partial charge in [-0.1, -0.05) is 12.1 Å². The summed E-state index contributed by atoms with van der Waals surface area (Å²) >= 11 is 0. The molecular weight excluding hydrogens is 307 g/mol. The van der Waals surface area contributed by atoms with Gasteiger partial charge in [0.2, 0.25) is 0 Å². The monoisotopic (exact) mass is 332 g/mol. The maximum absolute atomic E-state index is 13.9. The minimum absolute atomic E-state index is 0.226. The molecule has 1 saturated heterocycles. The second kappa shape index (κ2) is 7.42. The standard InChI is InChI=1S/C18H25FN4O/c1-21(2)10-15-11-22(12-16(15)13-24)8-14-7-20-23(9-14)18-6-4-3-5-17(18)19/h3-7,9,15-16,24H,8,10-13H2,1-2H3/t15-,16-/m1/s1. The Kier molecular flexibility index (Phi) is 5.28. The van der Waals surface area contributed by atoms with Crippen molar-refractivity contribution in [2.75, 3.05) is 40.3 Å². The number of aliphatic hydroxyl groups is 1. The summed E-state index contributed by atoms with van der Waals surface area (Å²) in [5.41, 5.74) is 1.52. The lowest BCUT2D eigenvalue weighted by Crippen LogP contribution is -2.28. The van der Waals surface area contributed by atoms with Gasteiger partial charge < -0.3 is 10.0 Å². The lowest BCUT2D eigenvalue weighted by Gasteiger charge is -2.20. The summed E-state index contributed by atoms with van der Waals surface area (Å²) in [4.78, 5) is 4.52. The molecule has 5 nitrogen and oxygen atoms in total. The Morgan fingerprint density at radius 2 is 2.00 bits per heavy atom. The summed E-state index contributed by atoms with van der Waals surface area (Å²) in [5.74, 6) is 0.514. The van der Waals surface area contributed by atoms with Crippen molar-refractivity contribution in [1.29, 1.82) is 0 Å². The van der Waals surface area contributed by atoms with E-state index in [4.69, 9.17) is 0 Å². The van der Waals surface area contributed by atoms with E-state index >= 15 is 0 Å². The Bertz CT molecular complexity index is 673. The van der Waals surface area contributed by atoms with Gasteiger partial charge in [-0.3, -0.25) is 4.90 Å². The first-order chi connectivity index (χ1) is 11.6. The van der Waals surface area contributed by atoms with Crippen LogP contribution in [0.1, 0.15) is 5.56 Å². The minimum atomic E-state index is -0.278. The Labute approximate surface area is 142 Å². The topological polar surface area (TPSA) is 44.5 Å². The van der Waals surface area contributed by atoms with E-state index < -0.39 is 0 Å². The first-order valence-electron chi connectivity index (χ1n) is 8.33. The molecule has 2 aromatic rings. The molecule has 2 heterocycles. The number of para-hydroxylation sites is 1. The van der Waals surface area contributed by atoms with Crippen molar-refractivity contribution in [1.82, 2.24) is 19.6 Å². The molecule has 0 saturated carbocycles. The summed E-state index contributed by atoms with van der Waals surface area (Å²) in [7, 11) is 4.13. The molecule has 1 aromatic carbocycles. The number of benzene rings is 1. The fourth-order valence-electron chi connectivity index (χ4n) is 3.52. The van der Waals surface area contributed by atoms with Gasteiger partial charge in [-0.25, -0.2) is 9.07 Å². The molecule has 0 aliphatic carbocycles. The number of likely N-dealkylation sites (tertiary alicyclic amines) is 1. The van der Waals surface area contributed by atoms with Crippen LogP contribution in [0.15, 0.2) is 36.7 Å². The van der Waals surface area contributed by atoms with Gasteiger partial charge in [0.05, 0.1) is 6.20 Å². The van der Waals surface area contributed by atoms with Crippen LogP contribution in [-0.4, -0.2) is 65.0 Å². The van der Waals surface area contributed by atoms with Crippen molar-refractivity contribution in [2.24, 2.45) is 11.8 Å². The lowest BCUT2D eigenvalue weighted by molar-refractivity contribution is 0.183. The second-order valence-corrected chi connectivity index (χ2v) is 6.90. The number of rotatable bonds is 6. The predicted octanol–water partition coefficient (Wildman–Crippen LogP) is 1.61. The number of nitrogens with zero attached hydrogens (tertiary/aromatic N) is 4. The van der Waals surface area contributed by atoms with E-state index in [1.54, 1.807) is 29.1 Å². The lowest BCUT2D eigenvalue weighted by atomic mass is 9.97. The zero-order valence-electron chi connectivity index (χ0n) is 14.3. The fourth-order valence-corrected chi connectivity index (χ4v) is 3.52. The van der Waals surface area contributed by atoms with Crippen molar-refractivity contribution < 1.29 is 9.50 Å². The van der Waals surface area contributed by atoms with Crippen LogP contribution in [0.5, 0.6) is 0 Å². The van der Waals surface area contributed by atoms with Gasteiger partial charge in [0.25, 0.3) is 0 Å². The Morgan fingerprint density at radius 1 is 1.25 bits per heavy atom. The maximum Gasteiger partial charge on any atom is 0.148 e. The fraction of sp³-hybridized carbons (Fsp3) is 0.500. The van der Waals surface area contributed by atoms with E-state index in [0.29, 0.717) is 17.5 Å². The van der Waals surface area contributed by atoms with Gasteiger partial charge in [-0.05, 0) is 38.1 Å². The van der Waals surface area contributed by atoms with Gasteiger partial charge in [-0.15, -0.1) is 0 Å². The van der Waals surface area contributed by atoms with Gasteiger partial charge in [-0.2, -0.15) is 5.10 Å². The maximum atomic E-state index is 13.9. The van der Waals surface area contributed by atoms with Crippen LogP contribution in [0.2, 0.25) is 0 Å². The minimum Gasteiger partial charge on any atom is -0.396 e. The highest BCUT2D eigenvalue weighted by Gasteiger charge is 2.32. The summed E-state index contributed by atoms with van der Waals surface area (Å²) in [5, 5.41) is 13.9. The number of hydrogen-bond donors (Lipinski definition) is 1. The normalized spacial score (nSPS) is 21.7. The van der Waals surface area contributed by atoms with Crippen LogP contribution in [0.3, 0.4) is 0 Å². The van der Waals surface area contributed by atoms with Crippen LogP contribution >= 0.6 is 0 Å². The SMILES string of the molecule is CN(C)C[C@@H]1CN(Cc2cnn(-c3ccccc3F)c2)C[C@@H]1CO. The van der Waals surface area contributed by atoms with E-state index in [-0.39, 0.29) is 12.4 Å². The number of hydrogen-bond acceptors (Lipinski definition) is 4. The first-order valence-corrected chi connectivity index (χ1v) is 8.33. The molecule has 6 heteroatoms. The molecule has 130 valence electrons. The Hall–Kier alpha value is -1.76. The number of aromatic nitrogens is 2. The Morgan fingerprint density at radius 3 is 2.71 bits per heavy atom. The number of halogens is 1. The highest BCUT2D eigenvalue weighted by molar-refractivity contribution is 5.32.